The molecule has 0 saturated carbocycles. The van der Waals surface area contributed by atoms with Crippen LogP contribution in [-0.4, -0.2) is 37.7 Å². The monoisotopic (exact) mass is 295 g/mol. The molecule has 0 amide bonds. The summed E-state index contributed by atoms with van der Waals surface area (Å²) in [5.41, 5.74) is 1.86. The second-order valence-corrected chi connectivity index (χ2v) is 5.88. The molecule has 2 aromatic heterocycles. The third-order valence-electron chi connectivity index (χ3n) is 4.08. The van der Waals surface area contributed by atoms with Crippen molar-refractivity contribution in [2.75, 3.05) is 13.1 Å². The third-order valence-corrected chi connectivity index (χ3v) is 4.08. The van der Waals surface area contributed by atoms with Gasteiger partial charge in [-0.2, -0.15) is 5.10 Å². The lowest BCUT2D eigenvalue weighted by atomic mass is 10.1. The van der Waals surface area contributed by atoms with Crippen LogP contribution in [0.4, 0.5) is 0 Å². The quantitative estimate of drug-likeness (QED) is 0.795. The zero-order chi connectivity index (χ0) is 15.1. The Morgan fingerprint density at radius 1 is 1.32 bits per heavy atom. The van der Waals surface area contributed by atoms with E-state index in [1.165, 1.54) is 5.56 Å². The van der Waals surface area contributed by atoms with Crippen LogP contribution < -0.4 is 5.56 Å². The van der Waals surface area contributed by atoms with Gasteiger partial charge in [0.05, 0.1) is 29.7 Å². The third kappa shape index (κ3) is 2.31. The molecule has 1 N–H and O–H groups in total. The Morgan fingerprint density at radius 3 is 2.91 bits per heavy atom. The number of aromatic amines is 1. The first-order chi connectivity index (χ1) is 10.7. The van der Waals surface area contributed by atoms with Crippen LogP contribution >= 0.6 is 0 Å². The summed E-state index contributed by atoms with van der Waals surface area (Å²) in [7, 11) is 0. The number of aromatic nitrogens is 4. The summed E-state index contributed by atoms with van der Waals surface area (Å²) in [5, 5.41) is 4.99. The molecule has 6 nitrogen and oxygen atoms in total. The number of H-pyrrole nitrogens is 1. The zero-order valence-electron chi connectivity index (χ0n) is 12.4. The Hall–Kier alpha value is -2.47. The number of para-hydroxylation sites is 1. The largest absolute Gasteiger partial charge is 0.309 e. The molecule has 6 heteroatoms. The Morgan fingerprint density at radius 2 is 2.14 bits per heavy atom. The summed E-state index contributed by atoms with van der Waals surface area (Å²) in [6.07, 6.45) is 3.95. The highest BCUT2D eigenvalue weighted by Gasteiger charge is 2.29. The molecule has 3 heterocycles. The van der Waals surface area contributed by atoms with E-state index in [9.17, 15) is 4.79 Å². The van der Waals surface area contributed by atoms with Crippen molar-refractivity contribution >= 4 is 10.9 Å². The molecular weight excluding hydrogens is 278 g/mol. The number of aryl methyl sites for hydroxylation is 1. The van der Waals surface area contributed by atoms with E-state index < -0.39 is 0 Å². The van der Waals surface area contributed by atoms with Gasteiger partial charge in [0.1, 0.15) is 5.82 Å². The molecule has 1 fully saturated rings. The van der Waals surface area contributed by atoms with Crippen LogP contribution in [0.5, 0.6) is 0 Å². The molecular formula is C16H17N5O. The van der Waals surface area contributed by atoms with Crippen LogP contribution in [0.25, 0.3) is 10.9 Å². The molecule has 1 aromatic carbocycles. The van der Waals surface area contributed by atoms with Gasteiger partial charge in [-0.15, -0.1) is 0 Å². The van der Waals surface area contributed by atoms with Crippen molar-refractivity contribution in [2.45, 2.75) is 19.5 Å². The van der Waals surface area contributed by atoms with Crippen LogP contribution in [-0.2, 0) is 6.54 Å². The summed E-state index contributed by atoms with van der Waals surface area (Å²) in [5.74, 6) is 0.721. The molecule has 0 bridgehead atoms. The standard InChI is InChI=1S/C16H17N5O/c1-11-6-17-21(7-11)12-8-20(9-12)10-15-18-14-5-3-2-4-13(14)16(22)19-15/h2-7,12H,8-10H2,1H3,(H,18,19,22). The van der Waals surface area contributed by atoms with Crippen molar-refractivity contribution in [3.8, 4) is 0 Å². The van der Waals surface area contributed by atoms with E-state index in [1.807, 2.05) is 36.0 Å². The van der Waals surface area contributed by atoms with Gasteiger partial charge in [0.15, 0.2) is 0 Å². The fourth-order valence-corrected chi connectivity index (χ4v) is 2.89. The minimum Gasteiger partial charge on any atom is -0.309 e. The summed E-state index contributed by atoms with van der Waals surface area (Å²) in [4.78, 5) is 21.7. The van der Waals surface area contributed by atoms with E-state index in [0.717, 1.165) is 24.4 Å². The number of rotatable bonds is 3. The summed E-state index contributed by atoms with van der Waals surface area (Å²) in [6, 6.07) is 7.84. The number of nitrogens with zero attached hydrogens (tertiary/aromatic N) is 4. The van der Waals surface area contributed by atoms with E-state index in [2.05, 4.69) is 26.2 Å². The van der Waals surface area contributed by atoms with Crippen LogP contribution in [0, 0.1) is 6.92 Å². The molecule has 1 saturated heterocycles. The van der Waals surface area contributed by atoms with Crippen molar-refractivity contribution in [3.63, 3.8) is 0 Å². The van der Waals surface area contributed by atoms with Crippen LogP contribution in [0.3, 0.4) is 0 Å². The first-order valence-corrected chi connectivity index (χ1v) is 7.40. The second kappa shape index (κ2) is 5.06. The second-order valence-electron chi connectivity index (χ2n) is 5.88. The van der Waals surface area contributed by atoms with E-state index >= 15 is 0 Å². The number of likely N-dealkylation sites (tertiary alicyclic amines) is 1. The van der Waals surface area contributed by atoms with Gasteiger partial charge >= 0.3 is 0 Å². The highest BCUT2D eigenvalue weighted by atomic mass is 16.1. The molecule has 3 aromatic rings. The Balaban J connectivity index is 1.48. The predicted octanol–water partition coefficient (Wildman–Crippen LogP) is 1.48. The Bertz CT molecular complexity index is 875. The van der Waals surface area contributed by atoms with Crippen molar-refractivity contribution in [1.82, 2.24) is 24.6 Å². The van der Waals surface area contributed by atoms with Crippen LogP contribution in [0.2, 0.25) is 0 Å². The molecule has 0 atom stereocenters. The smallest absolute Gasteiger partial charge is 0.258 e. The molecule has 0 unspecified atom stereocenters. The lowest BCUT2D eigenvalue weighted by Gasteiger charge is -2.38. The topological polar surface area (TPSA) is 66.8 Å². The van der Waals surface area contributed by atoms with Gasteiger partial charge in [0.2, 0.25) is 0 Å². The highest BCUT2D eigenvalue weighted by Crippen LogP contribution is 2.22. The minimum atomic E-state index is -0.0691. The Kier molecular flexibility index (Phi) is 3.04. The first-order valence-electron chi connectivity index (χ1n) is 7.40. The maximum Gasteiger partial charge on any atom is 0.258 e. The molecule has 22 heavy (non-hydrogen) atoms. The first kappa shape index (κ1) is 13.2. The van der Waals surface area contributed by atoms with Gasteiger partial charge in [-0.25, -0.2) is 4.98 Å². The van der Waals surface area contributed by atoms with Gasteiger partial charge in [0, 0.05) is 19.3 Å². The summed E-state index contributed by atoms with van der Waals surface area (Å²) < 4.78 is 2.02. The van der Waals surface area contributed by atoms with E-state index in [-0.39, 0.29) is 5.56 Å². The lowest BCUT2D eigenvalue weighted by molar-refractivity contribution is 0.0881. The normalized spacial score (nSPS) is 16.0. The fraction of sp³-hybridized carbons (Fsp3) is 0.312. The highest BCUT2D eigenvalue weighted by molar-refractivity contribution is 5.77. The molecule has 1 aliphatic heterocycles. The summed E-state index contributed by atoms with van der Waals surface area (Å²) >= 11 is 0. The average molecular weight is 295 g/mol. The molecule has 0 aliphatic carbocycles. The van der Waals surface area contributed by atoms with E-state index in [4.69, 9.17) is 0 Å². The number of nitrogens with one attached hydrogen (secondary N) is 1. The van der Waals surface area contributed by atoms with Crippen molar-refractivity contribution in [1.29, 1.82) is 0 Å². The predicted molar refractivity (Wildman–Crippen MR) is 83.6 cm³/mol. The molecule has 0 spiro atoms. The Labute approximate surface area is 127 Å². The van der Waals surface area contributed by atoms with Gasteiger partial charge in [-0.1, -0.05) is 12.1 Å². The fourth-order valence-electron chi connectivity index (χ4n) is 2.89. The molecule has 0 radical (unpaired) electrons. The summed E-state index contributed by atoms with van der Waals surface area (Å²) in [6.45, 7) is 4.57. The number of benzene rings is 1. The van der Waals surface area contributed by atoms with Gasteiger partial charge < -0.3 is 4.98 Å². The zero-order valence-corrected chi connectivity index (χ0v) is 12.4. The number of fused-ring (bicyclic) bond motifs is 1. The minimum absolute atomic E-state index is 0.0691. The maximum atomic E-state index is 12.0. The van der Waals surface area contributed by atoms with Gasteiger partial charge in [-0.05, 0) is 24.6 Å². The number of hydrogen-bond acceptors (Lipinski definition) is 4. The lowest BCUT2D eigenvalue weighted by Crippen LogP contribution is -2.47. The van der Waals surface area contributed by atoms with Crippen molar-refractivity contribution in [2.24, 2.45) is 0 Å². The van der Waals surface area contributed by atoms with Crippen molar-refractivity contribution in [3.05, 3.63) is 58.4 Å². The molecule has 4 rings (SSSR count). The van der Waals surface area contributed by atoms with E-state index in [1.54, 1.807) is 6.07 Å². The molecule has 1 aliphatic rings. The SMILES string of the molecule is Cc1cnn(C2CN(Cc3nc4ccccc4c(=O)[nH]3)C2)c1. The number of hydrogen-bond donors (Lipinski definition) is 1. The van der Waals surface area contributed by atoms with Gasteiger partial charge in [0.25, 0.3) is 5.56 Å². The van der Waals surface area contributed by atoms with Gasteiger partial charge in [-0.3, -0.25) is 14.4 Å². The molecule has 112 valence electrons. The van der Waals surface area contributed by atoms with Crippen LogP contribution in [0.15, 0.2) is 41.5 Å². The van der Waals surface area contributed by atoms with E-state index in [0.29, 0.717) is 18.0 Å². The van der Waals surface area contributed by atoms with Crippen molar-refractivity contribution < 1.29 is 0 Å². The maximum absolute atomic E-state index is 12.0. The average Bonchev–Trinajstić information content (AvgIpc) is 2.88. The van der Waals surface area contributed by atoms with Crippen LogP contribution in [0.1, 0.15) is 17.4 Å².